The molecule has 0 aromatic carbocycles. The van der Waals surface area contributed by atoms with Crippen LogP contribution in [-0.2, 0) is 13.5 Å². The van der Waals surface area contributed by atoms with Crippen LogP contribution in [0.5, 0.6) is 5.88 Å². The van der Waals surface area contributed by atoms with Gasteiger partial charge in [0, 0.05) is 12.6 Å². The standard InChI is InChI=1S/C8H14N2O/c1-4-5-7-6(2)9-10(3)8(7)11/h11H,4-5H2,1-3H3. The number of aromatic hydroxyl groups is 1. The van der Waals surface area contributed by atoms with Crippen LogP contribution in [0.4, 0.5) is 0 Å². The highest BCUT2D eigenvalue weighted by molar-refractivity contribution is 5.29. The summed E-state index contributed by atoms with van der Waals surface area (Å²) in [7, 11) is 1.75. The molecule has 0 saturated carbocycles. The van der Waals surface area contributed by atoms with Gasteiger partial charge in [-0.05, 0) is 13.3 Å². The van der Waals surface area contributed by atoms with Crippen molar-refractivity contribution in [1.82, 2.24) is 9.78 Å². The van der Waals surface area contributed by atoms with E-state index in [4.69, 9.17) is 0 Å². The molecule has 1 heterocycles. The second-order valence-corrected chi connectivity index (χ2v) is 2.76. The Morgan fingerprint density at radius 1 is 1.55 bits per heavy atom. The molecule has 0 fully saturated rings. The predicted octanol–water partition coefficient (Wildman–Crippen LogP) is 1.39. The molecule has 3 heteroatoms. The van der Waals surface area contributed by atoms with Crippen LogP contribution < -0.4 is 0 Å². The van der Waals surface area contributed by atoms with E-state index in [1.165, 1.54) is 4.68 Å². The average Bonchev–Trinajstić information content (AvgIpc) is 2.17. The van der Waals surface area contributed by atoms with E-state index < -0.39 is 0 Å². The summed E-state index contributed by atoms with van der Waals surface area (Å²) in [5.41, 5.74) is 1.92. The highest BCUT2D eigenvalue weighted by atomic mass is 16.3. The van der Waals surface area contributed by atoms with Gasteiger partial charge in [0.15, 0.2) is 0 Å². The molecule has 1 aromatic heterocycles. The Morgan fingerprint density at radius 2 is 2.18 bits per heavy atom. The fourth-order valence-electron chi connectivity index (χ4n) is 1.23. The molecule has 0 aliphatic heterocycles. The molecule has 11 heavy (non-hydrogen) atoms. The first-order chi connectivity index (χ1) is 5.16. The third kappa shape index (κ3) is 1.37. The van der Waals surface area contributed by atoms with Crippen LogP contribution in [0.1, 0.15) is 24.6 Å². The Balaban J connectivity index is 3.02. The topological polar surface area (TPSA) is 38.0 Å². The summed E-state index contributed by atoms with van der Waals surface area (Å²) in [5, 5.41) is 13.5. The number of hydrogen-bond acceptors (Lipinski definition) is 2. The van der Waals surface area contributed by atoms with Crippen molar-refractivity contribution >= 4 is 0 Å². The molecule has 0 spiro atoms. The number of aryl methyl sites for hydroxylation is 2. The van der Waals surface area contributed by atoms with E-state index in [0.29, 0.717) is 5.88 Å². The third-order valence-electron chi connectivity index (χ3n) is 1.81. The van der Waals surface area contributed by atoms with Gasteiger partial charge in [-0.2, -0.15) is 5.10 Å². The van der Waals surface area contributed by atoms with Crippen molar-refractivity contribution in [3.8, 4) is 5.88 Å². The molecular weight excluding hydrogens is 140 g/mol. The molecule has 0 atom stereocenters. The van der Waals surface area contributed by atoms with Gasteiger partial charge in [0.2, 0.25) is 5.88 Å². The second-order valence-electron chi connectivity index (χ2n) is 2.76. The van der Waals surface area contributed by atoms with Crippen LogP contribution in [0.2, 0.25) is 0 Å². The van der Waals surface area contributed by atoms with E-state index >= 15 is 0 Å². The summed E-state index contributed by atoms with van der Waals surface area (Å²) < 4.78 is 1.51. The lowest BCUT2D eigenvalue weighted by Gasteiger charge is -1.95. The zero-order valence-electron chi connectivity index (χ0n) is 7.26. The molecule has 1 N–H and O–H groups in total. The van der Waals surface area contributed by atoms with Gasteiger partial charge in [0.1, 0.15) is 0 Å². The predicted molar refractivity (Wildman–Crippen MR) is 43.6 cm³/mol. The fraction of sp³-hybridized carbons (Fsp3) is 0.625. The van der Waals surface area contributed by atoms with E-state index in [1.54, 1.807) is 7.05 Å². The lowest BCUT2D eigenvalue weighted by Crippen LogP contribution is -1.88. The first-order valence-corrected chi connectivity index (χ1v) is 3.88. The van der Waals surface area contributed by atoms with E-state index in [1.807, 2.05) is 6.92 Å². The van der Waals surface area contributed by atoms with E-state index in [-0.39, 0.29) is 0 Å². The van der Waals surface area contributed by atoms with Gasteiger partial charge < -0.3 is 5.11 Å². The maximum Gasteiger partial charge on any atom is 0.212 e. The van der Waals surface area contributed by atoms with Gasteiger partial charge in [-0.25, -0.2) is 4.68 Å². The molecule has 62 valence electrons. The fourth-order valence-corrected chi connectivity index (χ4v) is 1.23. The Morgan fingerprint density at radius 3 is 2.55 bits per heavy atom. The second kappa shape index (κ2) is 2.95. The number of rotatable bonds is 2. The zero-order chi connectivity index (χ0) is 8.43. The number of hydrogen-bond donors (Lipinski definition) is 1. The van der Waals surface area contributed by atoms with Gasteiger partial charge in [-0.3, -0.25) is 0 Å². The normalized spacial score (nSPS) is 10.5. The van der Waals surface area contributed by atoms with Gasteiger partial charge in [-0.15, -0.1) is 0 Å². The van der Waals surface area contributed by atoms with Crippen molar-refractivity contribution in [3.05, 3.63) is 11.3 Å². The maximum absolute atomic E-state index is 9.45. The minimum atomic E-state index is 0.310. The SMILES string of the molecule is CCCc1c(C)nn(C)c1O. The summed E-state index contributed by atoms with van der Waals surface area (Å²) in [4.78, 5) is 0. The molecule has 1 rings (SSSR count). The first kappa shape index (κ1) is 8.11. The molecule has 0 saturated heterocycles. The third-order valence-corrected chi connectivity index (χ3v) is 1.81. The van der Waals surface area contributed by atoms with E-state index in [9.17, 15) is 5.11 Å². The molecular formula is C8H14N2O. The lowest BCUT2D eigenvalue weighted by molar-refractivity contribution is 0.413. The molecule has 0 aliphatic rings. The van der Waals surface area contributed by atoms with Crippen LogP contribution in [0.25, 0.3) is 0 Å². The summed E-state index contributed by atoms with van der Waals surface area (Å²) in [6.45, 7) is 4.01. The van der Waals surface area contributed by atoms with Crippen LogP contribution >= 0.6 is 0 Å². The Kier molecular flexibility index (Phi) is 2.17. The quantitative estimate of drug-likeness (QED) is 0.699. The van der Waals surface area contributed by atoms with Crippen molar-refractivity contribution in [2.75, 3.05) is 0 Å². The van der Waals surface area contributed by atoms with Crippen molar-refractivity contribution < 1.29 is 5.11 Å². The molecule has 0 aliphatic carbocycles. The Labute approximate surface area is 66.7 Å². The van der Waals surface area contributed by atoms with Crippen LogP contribution in [-0.4, -0.2) is 14.9 Å². The first-order valence-electron chi connectivity index (χ1n) is 3.88. The zero-order valence-corrected chi connectivity index (χ0v) is 7.26. The number of nitrogens with zero attached hydrogens (tertiary/aromatic N) is 2. The minimum Gasteiger partial charge on any atom is -0.493 e. The van der Waals surface area contributed by atoms with Crippen molar-refractivity contribution in [1.29, 1.82) is 0 Å². The molecule has 0 bridgehead atoms. The van der Waals surface area contributed by atoms with Gasteiger partial charge in [-0.1, -0.05) is 13.3 Å². The Hall–Kier alpha value is -0.990. The van der Waals surface area contributed by atoms with E-state index in [0.717, 1.165) is 24.1 Å². The highest BCUT2D eigenvalue weighted by Gasteiger charge is 2.09. The van der Waals surface area contributed by atoms with E-state index in [2.05, 4.69) is 12.0 Å². The maximum atomic E-state index is 9.45. The van der Waals surface area contributed by atoms with Crippen molar-refractivity contribution in [2.24, 2.45) is 7.05 Å². The number of aromatic nitrogens is 2. The largest absolute Gasteiger partial charge is 0.493 e. The molecule has 1 aromatic rings. The lowest BCUT2D eigenvalue weighted by atomic mass is 10.1. The molecule has 3 nitrogen and oxygen atoms in total. The van der Waals surface area contributed by atoms with Gasteiger partial charge in [0.25, 0.3) is 0 Å². The Bertz CT molecular complexity index is 253. The molecule has 0 amide bonds. The monoisotopic (exact) mass is 154 g/mol. The van der Waals surface area contributed by atoms with Crippen molar-refractivity contribution in [2.45, 2.75) is 26.7 Å². The molecule has 0 radical (unpaired) electrons. The van der Waals surface area contributed by atoms with Gasteiger partial charge in [0.05, 0.1) is 5.69 Å². The summed E-state index contributed by atoms with van der Waals surface area (Å²) in [6.07, 6.45) is 1.95. The van der Waals surface area contributed by atoms with Crippen molar-refractivity contribution in [3.63, 3.8) is 0 Å². The van der Waals surface area contributed by atoms with Crippen LogP contribution in [0, 0.1) is 6.92 Å². The van der Waals surface area contributed by atoms with Crippen LogP contribution in [0.15, 0.2) is 0 Å². The summed E-state index contributed by atoms with van der Waals surface area (Å²) in [5.74, 6) is 0.310. The van der Waals surface area contributed by atoms with Gasteiger partial charge >= 0.3 is 0 Å². The summed E-state index contributed by atoms with van der Waals surface area (Å²) in [6, 6.07) is 0. The minimum absolute atomic E-state index is 0.310. The smallest absolute Gasteiger partial charge is 0.212 e. The highest BCUT2D eigenvalue weighted by Crippen LogP contribution is 2.20. The van der Waals surface area contributed by atoms with Crippen LogP contribution in [0.3, 0.4) is 0 Å². The molecule has 0 unspecified atom stereocenters. The average molecular weight is 154 g/mol. The summed E-state index contributed by atoms with van der Waals surface area (Å²) >= 11 is 0.